The first-order chi connectivity index (χ1) is 13.5. The van der Waals surface area contributed by atoms with Crippen LogP contribution in [0.4, 0.5) is 23.0 Å². The zero-order chi connectivity index (χ0) is 21.4. The number of aryl methyl sites for hydroxylation is 1. The molecule has 0 saturated heterocycles. The van der Waals surface area contributed by atoms with Crippen LogP contribution >= 0.6 is 0 Å². The Balaban J connectivity index is 0.000000431. The number of benzene rings is 2. The monoisotopic (exact) mass is 405 g/mol. The molecule has 0 fully saturated rings. The predicted molar refractivity (Wildman–Crippen MR) is 112 cm³/mol. The topological polar surface area (TPSA) is 23.3 Å². The number of rotatable bonds is 1. The maximum atomic E-state index is 9.75. The fraction of sp³-hybridized carbons (Fsp3) is 0.318. The van der Waals surface area contributed by atoms with Crippen molar-refractivity contribution in [2.24, 2.45) is 0 Å². The molecule has 0 amide bonds. The fourth-order valence-electron chi connectivity index (χ4n) is 3.73. The van der Waals surface area contributed by atoms with E-state index in [-0.39, 0.29) is 5.41 Å². The van der Waals surface area contributed by atoms with E-state index >= 15 is 0 Å². The Bertz CT molecular complexity index is 1040. The van der Waals surface area contributed by atoms with Crippen LogP contribution in [0.3, 0.4) is 0 Å². The van der Waals surface area contributed by atoms with E-state index < -0.39 is 7.25 Å². The van der Waals surface area contributed by atoms with E-state index in [9.17, 15) is 17.3 Å². The maximum absolute atomic E-state index is 9.75. The van der Waals surface area contributed by atoms with Crippen molar-refractivity contribution in [1.82, 2.24) is 0 Å². The van der Waals surface area contributed by atoms with E-state index in [2.05, 4.69) is 69.4 Å². The molecule has 2 aromatic carbocycles. The van der Waals surface area contributed by atoms with Crippen LogP contribution in [0.15, 0.2) is 46.9 Å². The third-order valence-corrected chi connectivity index (χ3v) is 4.90. The van der Waals surface area contributed by atoms with Gasteiger partial charge in [0.25, 0.3) is 0 Å². The van der Waals surface area contributed by atoms with Crippen molar-refractivity contribution in [1.29, 1.82) is 0 Å². The van der Waals surface area contributed by atoms with Gasteiger partial charge in [-0.15, -0.1) is 0 Å². The highest BCUT2D eigenvalue weighted by Crippen LogP contribution is 2.43. The average molecular weight is 405 g/mol. The minimum absolute atomic E-state index is 0.0640. The Morgan fingerprint density at radius 2 is 1.62 bits per heavy atom. The summed E-state index contributed by atoms with van der Waals surface area (Å²) in [6.45, 7) is 9.90. The number of halogens is 4. The molecule has 1 aliphatic heterocycles. The van der Waals surface area contributed by atoms with E-state index in [4.69, 9.17) is 4.42 Å². The zero-order valence-electron chi connectivity index (χ0n) is 17.0. The molecule has 1 N–H and O–H groups in total. The molecule has 2 nitrogen and oxygen atoms in total. The van der Waals surface area contributed by atoms with E-state index in [0.29, 0.717) is 0 Å². The Morgan fingerprint density at radius 1 is 0.966 bits per heavy atom. The minimum atomic E-state index is -6.00. The molecule has 2 heterocycles. The third-order valence-electron chi connectivity index (χ3n) is 4.90. The quantitative estimate of drug-likeness (QED) is 0.262. The van der Waals surface area contributed by atoms with Crippen LogP contribution in [-0.4, -0.2) is 13.8 Å². The van der Waals surface area contributed by atoms with Crippen LogP contribution in [-0.2, 0) is 11.8 Å². The van der Waals surface area contributed by atoms with Gasteiger partial charge in [0.1, 0.15) is 0 Å². The maximum Gasteiger partial charge on any atom is 0.673 e. The predicted octanol–water partition coefficient (Wildman–Crippen LogP) is 7.25. The van der Waals surface area contributed by atoms with Crippen LogP contribution in [0.25, 0.3) is 22.1 Å². The standard InChI is InChI=1S/C22H24NO.BF4/c1-14-16-9-5-6-11-18(16)24-21(22(2,3)4)19(14)17-10-7-8-15-12-13-23-20(15)17;2-1(3,4)5/h5-11,23H,12-13H2,1-4H3;/q+1;-1. The molecule has 0 bridgehead atoms. The Labute approximate surface area is 168 Å². The molecule has 0 atom stereocenters. The first kappa shape index (κ1) is 21.2. The van der Waals surface area contributed by atoms with Gasteiger partial charge in [-0.2, -0.15) is 0 Å². The summed E-state index contributed by atoms with van der Waals surface area (Å²) in [6.07, 6.45) is 1.10. The summed E-state index contributed by atoms with van der Waals surface area (Å²) in [5.74, 6) is 1.06. The number of hydrogen-bond acceptors (Lipinski definition) is 1. The first-order valence-electron chi connectivity index (χ1n) is 9.56. The van der Waals surface area contributed by atoms with Crippen LogP contribution < -0.4 is 5.32 Å². The van der Waals surface area contributed by atoms with Crippen molar-refractivity contribution in [3.05, 3.63) is 59.4 Å². The lowest BCUT2D eigenvalue weighted by Crippen LogP contribution is -2.14. The van der Waals surface area contributed by atoms with Gasteiger partial charge in [-0.3, -0.25) is 0 Å². The van der Waals surface area contributed by atoms with Gasteiger partial charge in [-0.25, -0.2) is 4.42 Å². The lowest BCUT2D eigenvalue weighted by Gasteiger charge is -2.17. The van der Waals surface area contributed by atoms with E-state index in [1.54, 1.807) is 0 Å². The van der Waals surface area contributed by atoms with E-state index in [1.165, 1.54) is 33.3 Å². The Kier molecular flexibility index (Phi) is 5.61. The summed E-state index contributed by atoms with van der Waals surface area (Å²) >= 11 is 0. The van der Waals surface area contributed by atoms with Crippen LogP contribution in [0, 0.1) is 6.92 Å². The van der Waals surface area contributed by atoms with Gasteiger partial charge in [0, 0.05) is 23.9 Å². The van der Waals surface area contributed by atoms with Gasteiger partial charge in [-0.1, -0.05) is 30.3 Å². The van der Waals surface area contributed by atoms with Gasteiger partial charge in [-0.05, 0) is 51.3 Å². The third kappa shape index (κ3) is 4.71. The largest absolute Gasteiger partial charge is 0.673 e. The number of fused-ring (bicyclic) bond motifs is 2. The van der Waals surface area contributed by atoms with Gasteiger partial charge in [0.2, 0.25) is 0 Å². The number of hydrogen-bond donors (Lipinski definition) is 1. The summed E-state index contributed by atoms with van der Waals surface area (Å²) in [4.78, 5) is 0. The molecule has 0 unspecified atom stereocenters. The zero-order valence-corrected chi connectivity index (χ0v) is 17.0. The van der Waals surface area contributed by atoms with Crippen molar-refractivity contribution >= 4 is 23.9 Å². The molecule has 7 heteroatoms. The summed E-state index contributed by atoms with van der Waals surface area (Å²) < 4.78 is 45.4. The van der Waals surface area contributed by atoms with Crippen LogP contribution in [0.1, 0.15) is 37.7 Å². The van der Waals surface area contributed by atoms with Gasteiger partial charge < -0.3 is 22.6 Å². The van der Waals surface area contributed by atoms with Crippen molar-refractivity contribution in [2.45, 2.75) is 39.5 Å². The van der Waals surface area contributed by atoms with Crippen molar-refractivity contribution in [2.75, 3.05) is 11.9 Å². The molecule has 0 aliphatic carbocycles. The molecule has 4 rings (SSSR count). The lowest BCUT2D eigenvalue weighted by molar-refractivity contribution is 0.368. The molecule has 0 spiro atoms. The molecular formula is C22H24BF4NO. The number of nitrogens with one attached hydrogen (secondary N) is 1. The summed E-state index contributed by atoms with van der Waals surface area (Å²) in [7, 11) is -6.00. The lowest BCUT2D eigenvalue weighted by atomic mass is 9.84. The molecule has 29 heavy (non-hydrogen) atoms. The van der Waals surface area contributed by atoms with E-state index in [1.807, 2.05) is 6.07 Å². The second-order valence-corrected chi connectivity index (χ2v) is 8.19. The Hall–Kier alpha value is -2.57. The molecule has 1 aromatic heterocycles. The summed E-state index contributed by atoms with van der Waals surface area (Å²) in [5, 5.41) is 4.77. The van der Waals surface area contributed by atoms with Crippen molar-refractivity contribution in [3.63, 3.8) is 0 Å². The molecule has 0 radical (unpaired) electrons. The normalized spacial score (nSPS) is 13.5. The van der Waals surface area contributed by atoms with E-state index in [0.717, 1.165) is 24.3 Å². The minimum Gasteiger partial charge on any atom is -0.418 e. The van der Waals surface area contributed by atoms with Gasteiger partial charge in [0.05, 0.1) is 16.4 Å². The molecule has 3 aromatic rings. The highest BCUT2D eigenvalue weighted by molar-refractivity contribution is 6.50. The second kappa shape index (κ2) is 7.69. The van der Waals surface area contributed by atoms with Crippen molar-refractivity contribution < 1.29 is 21.7 Å². The van der Waals surface area contributed by atoms with Crippen LogP contribution in [0.5, 0.6) is 0 Å². The molecule has 0 saturated carbocycles. The first-order valence-corrected chi connectivity index (χ1v) is 9.56. The fourth-order valence-corrected chi connectivity index (χ4v) is 3.73. The smallest absolute Gasteiger partial charge is 0.418 e. The van der Waals surface area contributed by atoms with Crippen molar-refractivity contribution in [3.8, 4) is 11.1 Å². The number of para-hydroxylation sites is 2. The molecular weight excluding hydrogens is 381 g/mol. The molecule has 154 valence electrons. The molecule has 1 aliphatic rings. The van der Waals surface area contributed by atoms with Gasteiger partial charge in [0.15, 0.2) is 0 Å². The summed E-state index contributed by atoms with van der Waals surface area (Å²) in [6, 6.07) is 15.0. The highest BCUT2D eigenvalue weighted by Gasteiger charge is 2.36. The van der Waals surface area contributed by atoms with Crippen LogP contribution in [0.2, 0.25) is 0 Å². The van der Waals surface area contributed by atoms with Gasteiger partial charge >= 0.3 is 18.6 Å². The summed E-state index contributed by atoms with van der Waals surface area (Å²) in [5.41, 5.74) is 7.38. The average Bonchev–Trinajstić information content (AvgIpc) is 3.08. The Morgan fingerprint density at radius 3 is 2.28 bits per heavy atom. The second-order valence-electron chi connectivity index (χ2n) is 8.19. The highest BCUT2D eigenvalue weighted by atomic mass is 19.5. The SMILES string of the molecule is Cc1c(-c2cccc3c2NCC3)c(C(C)(C)C)[o+]c2ccccc12.F[B-](F)(F)F. The number of anilines is 1.